The number of ether oxygens (including phenoxy) is 1. The van der Waals surface area contributed by atoms with Crippen LogP contribution < -0.4 is 5.32 Å². The first kappa shape index (κ1) is 20.6. The zero-order valence-corrected chi connectivity index (χ0v) is 16.3. The van der Waals surface area contributed by atoms with Gasteiger partial charge in [-0.2, -0.15) is 4.31 Å². The Kier molecular flexibility index (Phi) is 6.63. The molecule has 0 spiro atoms. The van der Waals surface area contributed by atoms with Gasteiger partial charge in [-0.05, 0) is 51.3 Å². The third-order valence-electron chi connectivity index (χ3n) is 4.05. The largest absolute Gasteiger partial charge is 0.444 e. The van der Waals surface area contributed by atoms with Crippen LogP contribution in [0.2, 0.25) is 0 Å². The second kappa shape index (κ2) is 8.35. The molecule has 0 unspecified atom stereocenters. The van der Waals surface area contributed by atoms with Crippen molar-refractivity contribution in [1.82, 2.24) is 9.62 Å². The molecule has 1 fully saturated rings. The van der Waals surface area contributed by atoms with E-state index in [2.05, 4.69) is 5.32 Å². The quantitative estimate of drug-likeness (QED) is 0.844. The first-order chi connectivity index (χ1) is 12.1. The van der Waals surface area contributed by atoms with Gasteiger partial charge >= 0.3 is 6.09 Å². The van der Waals surface area contributed by atoms with Crippen LogP contribution in [0, 0.1) is 5.82 Å². The Bertz CT molecular complexity index is 731. The summed E-state index contributed by atoms with van der Waals surface area (Å²) in [5, 5.41) is 2.66. The predicted molar refractivity (Wildman–Crippen MR) is 97.6 cm³/mol. The highest BCUT2D eigenvalue weighted by atomic mass is 32.2. The number of halogens is 1. The lowest BCUT2D eigenvalue weighted by Crippen LogP contribution is -2.50. The van der Waals surface area contributed by atoms with Crippen LogP contribution in [0.3, 0.4) is 0 Å². The minimum atomic E-state index is -3.61. The lowest BCUT2D eigenvalue weighted by molar-refractivity contribution is 0.0512. The number of amides is 1. The third-order valence-corrected chi connectivity index (χ3v) is 5.94. The van der Waals surface area contributed by atoms with Crippen molar-refractivity contribution in [3.8, 4) is 0 Å². The minimum absolute atomic E-state index is 0.192. The molecule has 2 rings (SSSR count). The van der Waals surface area contributed by atoms with E-state index in [1.165, 1.54) is 22.5 Å². The second-order valence-corrected chi connectivity index (χ2v) is 9.45. The van der Waals surface area contributed by atoms with Crippen LogP contribution in [-0.2, 0) is 20.5 Å². The molecule has 1 atom stereocenters. The predicted octanol–water partition coefficient (Wildman–Crippen LogP) is 3.03. The van der Waals surface area contributed by atoms with Crippen molar-refractivity contribution >= 4 is 16.1 Å². The summed E-state index contributed by atoms with van der Waals surface area (Å²) in [4.78, 5) is 11.8. The molecular formula is C18H27FN2O4S. The first-order valence-corrected chi connectivity index (χ1v) is 10.4. The van der Waals surface area contributed by atoms with Crippen LogP contribution >= 0.6 is 0 Å². The lowest BCUT2D eigenvalue weighted by Gasteiger charge is -2.35. The maximum atomic E-state index is 13.3. The van der Waals surface area contributed by atoms with Gasteiger partial charge in [-0.1, -0.05) is 18.6 Å². The summed E-state index contributed by atoms with van der Waals surface area (Å²) in [5.74, 6) is -0.715. The van der Waals surface area contributed by atoms with Crippen LogP contribution in [0.25, 0.3) is 0 Å². The van der Waals surface area contributed by atoms with Crippen LogP contribution in [0.15, 0.2) is 24.3 Å². The summed E-state index contributed by atoms with van der Waals surface area (Å²) in [6.45, 7) is 5.89. The number of rotatable bonds is 5. The van der Waals surface area contributed by atoms with Gasteiger partial charge in [0, 0.05) is 19.1 Å². The van der Waals surface area contributed by atoms with E-state index >= 15 is 0 Å². The van der Waals surface area contributed by atoms with Crippen molar-refractivity contribution in [2.24, 2.45) is 0 Å². The van der Waals surface area contributed by atoms with Crippen molar-refractivity contribution in [2.45, 2.75) is 57.4 Å². The molecule has 1 aromatic rings. The first-order valence-electron chi connectivity index (χ1n) is 8.78. The summed E-state index contributed by atoms with van der Waals surface area (Å²) in [6, 6.07) is 5.28. The van der Waals surface area contributed by atoms with E-state index in [9.17, 15) is 17.6 Å². The number of hydrogen-bond donors (Lipinski definition) is 1. The Balaban J connectivity index is 2.03. The van der Waals surface area contributed by atoms with E-state index in [1.807, 2.05) is 0 Å². The smallest absolute Gasteiger partial charge is 0.407 e. The molecule has 8 heteroatoms. The Hall–Kier alpha value is -1.67. The Morgan fingerprint density at radius 1 is 1.35 bits per heavy atom. The number of hydrogen-bond acceptors (Lipinski definition) is 4. The molecule has 0 saturated carbocycles. The number of carbonyl (C=O) groups is 1. The van der Waals surface area contributed by atoms with Gasteiger partial charge in [0.2, 0.25) is 10.0 Å². The number of piperidine rings is 1. The normalized spacial score (nSPS) is 19.2. The highest BCUT2D eigenvalue weighted by Crippen LogP contribution is 2.23. The fourth-order valence-electron chi connectivity index (χ4n) is 2.98. The van der Waals surface area contributed by atoms with Gasteiger partial charge in [0.15, 0.2) is 0 Å². The Labute approximate surface area is 154 Å². The van der Waals surface area contributed by atoms with E-state index in [0.29, 0.717) is 18.5 Å². The zero-order valence-electron chi connectivity index (χ0n) is 15.5. The summed E-state index contributed by atoms with van der Waals surface area (Å²) in [6.07, 6.45) is 1.77. The van der Waals surface area contributed by atoms with Gasteiger partial charge in [0.05, 0.1) is 5.75 Å². The molecule has 0 aliphatic carbocycles. The Morgan fingerprint density at radius 2 is 2.08 bits per heavy atom. The topological polar surface area (TPSA) is 75.7 Å². The second-order valence-electron chi connectivity index (χ2n) is 7.53. The molecule has 1 amide bonds. The van der Waals surface area contributed by atoms with E-state index in [4.69, 9.17) is 4.74 Å². The molecule has 146 valence electrons. The number of nitrogens with zero attached hydrogens (tertiary/aromatic N) is 1. The molecule has 1 heterocycles. The molecule has 1 saturated heterocycles. The average Bonchev–Trinajstić information content (AvgIpc) is 2.51. The van der Waals surface area contributed by atoms with Gasteiger partial charge in [0.25, 0.3) is 0 Å². The number of alkyl carbamates (subject to hydrolysis) is 1. The molecule has 0 aromatic heterocycles. The lowest BCUT2D eigenvalue weighted by atomic mass is 10.1. The van der Waals surface area contributed by atoms with Crippen molar-refractivity contribution in [3.63, 3.8) is 0 Å². The van der Waals surface area contributed by atoms with Crippen LogP contribution in [0.1, 0.15) is 45.6 Å². The van der Waals surface area contributed by atoms with Gasteiger partial charge in [-0.3, -0.25) is 0 Å². The molecular weight excluding hydrogens is 359 g/mol. The van der Waals surface area contributed by atoms with Gasteiger partial charge in [0.1, 0.15) is 11.4 Å². The van der Waals surface area contributed by atoms with Crippen molar-refractivity contribution in [3.05, 3.63) is 35.6 Å². The maximum absolute atomic E-state index is 13.3. The van der Waals surface area contributed by atoms with Crippen LogP contribution in [-0.4, -0.2) is 43.5 Å². The molecule has 1 aromatic carbocycles. The minimum Gasteiger partial charge on any atom is -0.444 e. The molecule has 1 aliphatic heterocycles. The van der Waals surface area contributed by atoms with Gasteiger partial charge in [-0.15, -0.1) is 0 Å². The number of nitrogens with one attached hydrogen (secondary N) is 1. The number of sulfonamides is 1. The molecule has 1 N–H and O–H groups in total. The van der Waals surface area contributed by atoms with Crippen molar-refractivity contribution in [2.75, 3.05) is 13.1 Å². The summed E-state index contributed by atoms with van der Waals surface area (Å²) < 4.78 is 45.6. The molecule has 0 radical (unpaired) electrons. The molecule has 1 aliphatic rings. The average molecular weight is 386 g/mol. The summed E-state index contributed by atoms with van der Waals surface area (Å²) >= 11 is 0. The van der Waals surface area contributed by atoms with Crippen molar-refractivity contribution in [1.29, 1.82) is 0 Å². The standard InChI is InChI=1S/C18H27FN2O4S/c1-18(2,3)25-17(22)20-12-16-9-4-5-10-21(16)26(23,24)13-14-7-6-8-15(19)11-14/h6-8,11,16H,4-5,9-10,12-13H2,1-3H3,(H,20,22)/t16-/m0/s1. The monoisotopic (exact) mass is 386 g/mol. The zero-order chi connectivity index (χ0) is 19.4. The molecule has 6 nitrogen and oxygen atoms in total. The fraction of sp³-hybridized carbons (Fsp3) is 0.611. The summed E-state index contributed by atoms with van der Waals surface area (Å²) in [7, 11) is -3.61. The van der Waals surface area contributed by atoms with Crippen molar-refractivity contribution < 1.29 is 22.3 Å². The van der Waals surface area contributed by atoms with E-state index < -0.39 is 27.5 Å². The number of benzene rings is 1. The molecule has 0 bridgehead atoms. The van der Waals surface area contributed by atoms with Gasteiger partial charge < -0.3 is 10.1 Å². The SMILES string of the molecule is CC(C)(C)OC(=O)NC[C@@H]1CCCCN1S(=O)(=O)Cc1cccc(F)c1. The van der Waals surface area contributed by atoms with Crippen LogP contribution in [0.5, 0.6) is 0 Å². The third kappa shape index (κ3) is 6.25. The fourth-order valence-corrected chi connectivity index (χ4v) is 4.79. The van der Waals surface area contributed by atoms with E-state index in [-0.39, 0.29) is 18.3 Å². The summed E-state index contributed by atoms with van der Waals surface area (Å²) in [5.41, 5.74) is -0.200. The van der Waals surface area contributed by atoms with E-state index in [0.717, 1.165) is 12.8 Å². The highest BCUT2D eigenvalue weighted by Gasteiger charge is 2.33. The maximum Gasteiger partial charge on any atom is 0.407 e. The Morgan fingerprint density at radius 3 is 2.73 bits per heavy atom. The number of carbonyl (C=O) groups excluding carboxylic acids is 1. The highest BCUT2D eigenvalue weighted by molar-refractivity contribution is 7.88. The molecule has 26 heavy (non-hydrogen) atoms. The van der Waals surface area contributed by atoms with Gasteiger partial charge in [-0.25, -0.2) is 17.6 Å². The van der Waals surface area contributed by atoms with E-state index in [1.54, 1.807) is 26.8 Å². The van der Waals surface area contributed by atoms with Crippen LogP contribution in [0.4, 0.5) is 9.18 Å².